The van der Waals surface area contributed by atoms with Gasteiger partial charge in [0.25, 0.3) is 0 Å². The van der Waals surface area contributed by atoms with Gasteiger partial charge in [0.2, 0.25) is 0 Å². The Balaban J connectivity index is 3.03. The van der Waals surface area contributed by atoms with Gasteiger partial charge in [-0.3, -0.25) is 0 Å². The molecule has 0 aromatic rings. The molecule has 0 spiro atoms. The Morgan fingerprint density at radius 3 is 2.11 bits per heavy atom. The highest BCUT2D eigenvalue weighted by atomic mass is 14.9. The Labute approximate surface area is 115 Å². The fourth-order valence-electron chi connectivity index (χ4n) is 4.48. The zero-order valence-electron chi connectivity index (χ0n) is 13.9. The van der Waals surface area contributed by atoms with Crippen LogP contribution in [0.4, 0.5) is 0 Å². The lowest BCUT2D eigenvalue weighted by molar-refractivity contribution is 0.0575. The van der Waals surface area contributed by atoms with Crippen molar-refractivity contribution in [2.75, 3.05) is 13.1 Å². The van der Waals surface area contributed by atoms with E-state index in [1.165, 1.54) is 13.0 Å². The van der Waals surface area contributed by atoms with Gasteiger partial charge in [0, 0.05) is 6.54 Å². The summed E-state index contributed by atoms with van der Waals surface area (Å²) in [5.41, 5.74) is 0.835. The molecular weight excluding hydrogens is 218 g/mol. The van der Waals surface area contributed by atoms with E-state index in [4.69, 9.17) is 0 Å². The second kappa shape index (κ2) is 5.53. The van der Waals surface area contributed by atoms with E-state index in [0.29, 0.717) is 10.8 Å². The average Bonchev–Trinajstić information content (AvgIpc) is 2.15. The summed E-state index contributed by atoms with van der Waals surface area (Å²) in [6.45, 7) is 21.8. The molecule has 1 heteroatoms. The highest BCUT2D eigenvalue weighted by molar-refractivity contribution is 4.91. The van der Waals surface area contributed by atoms with Crippen LogP contribution in [0.1, 0.15) is 61.8 Å². The molecule has 0 aromatic heterocycles. The van der Waals surface area contributed by atoms with Gasteiger partial charge in [0.05, 0.1) is 0 Å². The van der Waals surface area contributed by atoms with Gasteiger partial charge >= 0.3 is 0 Å². The number of hydrogen-bond donors (Lipinski definition) is 1. The minimum Gasteiger partial charge on any atom is -0.316 e. The van der Waals surface area contributed by atoms with E-state index in [-0.39, 0.29) is 0 Å². The lowest BCUT2D eigenvalue weighted by Crippen LogP contribution is -2.37. The molecule has 0 bridgehead atoms. The highest BCUT2D eigenvalue weighted by Gasteiger charge is 2.40. The van der Waals surface area contributed by atoms with E-state index < -0.39 is 0 Å². The van der Waals surface area contributed by atoms with Crippen LogP contribution in [0.5, 0.6) is 0 Å². The smallest absolute Gasteiger partial charge is 0.000284 e. The highest BCUT2D eigenvalue weighted by Crippen LogP contribution is 2.46. The maximum atomic E-state index is 3.71. The first-order chi connectivity index (χ1) is 8.07. The summed E-state index contributed by atoms with van der Waals surface area (Å²) >= 11 is 0. The SMILES string of the molecule is CC(C)C1C(C)CNCC(C)(C)CC(C)(C)C1C. The molecule has 0 amide bonds. The predicted octanol–water partition coefficient (Wildman–Crippen LogP) is 4.58. The van der Waals surface area contributed by atoms with Gasteiger partial charge in [-0.15, -0.1) is 0 Å². The molecule has 1 N–H and O–H groups in total. The number of nitrogens with one attached hydrogen (secondary N) is 1. The second-order valence-corrected chi connectivity index (χ2v) is 8.55. The van der Waals surface area contributed by atoms with Crippen LogP contribution in [0, 0.1) is 34.5 Å². The molecular formula is C17H35N. The quantitative estimate of drug-likeness (QED) is 0.721. The largest absolute Gasteiger partial charge is 0.316 e. The topological polar surface area (TPSA) is 12.0 Å². The Morgan fingerprint density at radius 1 is 1.06 bits per heavy atom. The van der Waals surface area contributed by atoms with Crippen molar-refractivity contribution in [1.82, 2.24) is 5.32 Å². The summed E-state index contributed by atoms with van der Waals surface area (Å²) in [7, 11) is 0. The molecule has 0 saturated carbocycles. The molecule has 0 aromatic carbocycles. The third-order valence-corrected chi connectivity index (χ3v) is 5.24. The minimum absolute atomic E-state index is 0.406. The van der Waals surface area contributed by atoms with Gasteiger partial charge in [-0.1, -0.05) is 55.4 Å². The van der Waals surface area contributed by atoms with E-state index in [0.717, 1.165) is 30.2 Å². The predicted molar refractivity (Wildman–Crippen MR) is 81.7 cm³/mol. The van der Waals surface area contributed by atoms with Crippen molar-refractivity contribution in [3.8, 4) is 0 Å². The Kier molecular flexibility index (Phi) is 4.92. The number of rotatable bonds is 1. The second-order valence-electron chi connectivity index (χ2n) is 8.55. The van der Waals surface area contributed by atoms with Crippen LogP contribution in [0.15, 0.2) is 0 Å². The van der Waals surface area contributed by atoms with Gasteiger partial charge in [-0.05, 0) is 47.5 Å². The van der Waals surface area contributed by atoms with E-state index >= 15 is 0 Å². The maximum absolute atomic E-state index is 3.71. The third-order valence-electron chi connectivity index (χ3n) is 5.24. The summed E-state index contributed by atoms with van der Waals surface area (Å²) in [5.74, 6) is 3.15. The molecule has 1 rings (SSSR count). The molecule has 1 aliphatic heterocycles. The Bertz CT molecular complexity index is 265. The fourth-order valence-corrected chi connectivity index (χ4v) is 4.48. The Hall–Kier alpha value is -0.0400. The van der Waals surface area contributed by atoms with E-state index in [1.54, 1.807) is 0 Å². The molecule has 1 nitrogen and oxygen atoms in total. The van der Waals surface area contributed by atoms with Crippen LogP contribution in [-0.4, -0.2) is 13.1 Å². The van der Waals surface area contributed by atoms with Gasteiger partial charge in [-0.2, -0.15) is 0 Å². The molecule has 0 radical (unpaired) electrons. The van der Waals surface area contributed by atoms with Crippen LogP contribution < -0.4 is 5.32 Å². The summed E-state index contributed by atoms with van der Waals surface area (Å²) < 4.78 is 0. The van der Waals surface area contributed by atoms with Gasteiger partial charge < -0.3 is 5.32 Å². The van der Waals surface area contributed by atoms with Crippen LogP contribution in [-0.2, 0) is 0 Å². The molecule has 18 heavy (non-hydrogen) atoms. The van der Waals surface area contributed by atoms with Crippen molar-refractivity contribution in [3.63, 3.8) is 0 Å². The van der Waals surface area contributed by atoms with Crippen molar-refractivity contribution in [2.45, 2.75) is 61.8 Å². The van der Waals surface area contributed by atoms with Crippen molar-refractivity contribution in [3.05, 3.63) is 0 Å². The zero-order valence-corrected chi connectivity index (χ0v) is 13.9. The molecule has 1 saturated heterocycles. The standard InChI is InChI=1S/C17H35N/c1-12(2)15-13(3)9-18-11-16(5,6)10-17(7,8)14(15)4/h12-15,18H,9-11H2,1-8H3. The van der Waals surface area contributed by atoms with Crippen LogP contribution >= 0.6 is 0 Å². The first-order valence-corrected chi connectivity index (χ1v) is 7.77. The first-order valence-electron chi connectivity index (χ1n) is 7.77. The normalized spacial score (nSPS) is 36.8. The first kappa shape index (κ1) is 16.0. The van der Waals surface area contributed by atoms with Gasteiger partial charge in [0.1, 0.15) is 0 Å². The Morgan fingerprint density at radius 2 is 1.61 bits per heavy atom. The maximum Gasteiger partial charge on any atom is 0.000284 e. The minimum atomic E-state index is 0.406. The third kappa shape index (κ3) is 3.73. The lowest BCUT2D eigenvalue weighted by Gasteiger charge is -2.44. The summed E-state index contributed by atoms with van der Waals surface area (Å²) in [6, 6.07) is 0. The van der Waals surface area contributed by atoms with Crippen molar-refractivity contribution < 1.29 is 0 Å². The summed E-state index contributed by atoms with van der Waals surface area (Å²) in [5, 5.41) is 3.71. The van der Waals surface area contributed by atoms with Gasteiger partial charge in [-0.25, -0.2) is 0 Å². The lowest BCUT2D eigenvalue weighted by atomic mass is 9.61. The fraction of sp³-hybridized carbons (Fsp3) is 1.00. The molecule has 1 aliphatic rings. The zero-order chi connectivity index (χ0) is 14.1. The molecule has 1 fully saturated rings. The molecule has 3 atom stereocenters. The molecule has 108 valence electrons. The van der Waals surface area contributed by atoms with Crippen molar-refractivity contribution in [2.24, 2.45) is 34.5 Å². The van der Waals surface area contributed by atoms with Crippen molar-refractivity contribution in [1.29, 1.82) is 0 Å². The van der Waals surface area contributed by atoms with E-state index in [9.17, 15) is 0 Å². The average molecular weight is 253 g/mol. The van der Waals surface area contributed by atoms with Gasteiger partial charge in [0.15, 0.2) is 0 Å². The van der Waals surface area contributed by atoms with Crippen LogP contribution in [0.25, 0.3) is 0 Å². The molecule has 0 aliphatic carbocycles. The molecule has 1 heterocycles. The van der Waals surface area contributed by atoms with Crippen molar-refractivity contribution >= 4 is 0 Å². The van der Waals surface area contributed by atoms with Crippen LogP contribution in [0.3, 0.4) is 0 Å². The number of hydrogen-bond acceptors (Lipinski definition) is 1. The monoisotopic (exact) mass is 253 g/mol. The van der Waals surface area contributed by atoms with E-state index in [2.05, 4.69) is 60.7 Å². The van der Waals surface area contributed by atoms with E-state index in [1.807, 2.05) is 0 Å². The molecule has 3 unspecified atom stereocenters. The summed E-state index contributed by atoms with van der Waals surface area (Å²) in [4.78, 5) is 0. The van der Waals surface area contributed by atoms with Crippen LogP contribution in [0.2, 0.25) is 0 Å². The summed E-state index contributed by atoms with van der Waals surface area (Å²) in [6.07, 6.45) is 1.31.